The highest BCUT2D eigenvalue weighted by molar-refractivity contribution is 6.30. The molecule has 2 aromatic carbocycles. The van der Waals surface area contributed by atoms with Crippen LogP contribution in [0, 0.1) is 6.92 Å². The van der Waals surface area contributed by atoms with Crippen LogP contribution in [0.4, 0.5) is 0 Å². The molecule has 0 atom stereocenters. The molecule has 0 saturated carbocycles. The topological polar surface area (TPSA) is 41.5 Å². The summed E-state index contributed by atoms with van der Waals surface area (Å²) in [7, 11) is 0. The highest BCUT2D eigenvalue weighted by atomic mass is 35.5. The molecule has 4 heteroatoms. The Hall–Kier alpha value is -2.13. The molecule has 0 fully saturated rings. The van der Waals surface area contributed by atoms with Crippen LogP contribution in [0.2, 0.25) is 5.02 Å². The number of carbonyl (C=O) groups is 1. The summed E-state index contributed by atoms with van der Waals surface area (Å²) < 4.78 is 0. The van der Waals surface area contributed by atoms with E-state index in [1.54, 1.807) is 30.5 Å². The second-order valence-corrected chi connectivity index (χ2v) is 4.56. The zero-order valence-corrected chi connectivity index (χ0v) is 11.2. The molecule has 1 amide bonds. The van der Waals surface area contributed by atoms with Crippen LogP contribution in [0.15, 0.2) is 53.6 Å². The first-order valence-corrected chi connectivity index (χ1v) is 6.18. The van der Waals surface area contributed by atoms with E-state index in [2.05, 4.69) is 10.5 Å². The van der Waals surface area contributed by atoms with Crippen LogP contribution in [0.5, 0.6) is 0 Å². The molecule has 0 aliphatic rings. The summed E-state index contributed by atoms with van der Waals surface area (Å²) in [6.07, 6.45) is 1.61. The summed E-state index contributed by atoms with van der Waals surface area (Å²) in [5.74, 6) is -0.263. The predicted molar refractivity (Wildman–Crippen MR) is 77.7 cm³/mol. The van der Waals surface area contributed by atoms with Crippen LogP contribution >= 0.6 is 11.6 Å². The highest BCUT2D eigenvalue weighted by Crippen LogP contribution is 2.09. The van der Waals surface area contributed by atoms with Crippen molar-refractivity contribution in [3.05, 3.63) is 70.2 Å². The average molecular weight is 273 g/mol. The molecule has 0 aromatic heterocycles. The molecule has 0 saturated heterocycles. The maximum absolute atomic E-state index is 11.7. The Morgan fingerprint density at radius 2 is 1.95 bits per heavy atom. The molecule has 0 heterocycles. The fourth-order valence-corrected chi connectivity index (χ4v) is 1.71. The molecule has 1 N–H and O–H groups in total. The van der Waals surface area contributed by atoms with Gasteiger partial charge in [-0.05, 0) is 36.8 Å². The monoisotopic (exact) mass is 272 g/mol. The SMILES string of the molecule is Cc1cccc(/C=N\NC(=O)c2ccc(Cl)cc2)c1. The van der Waals surface area contributed by atoms with E-state index in [4.69, 9.17) is 11.6 Å². The van der Waals surface area contributed by atoms with Crippen molar-refractivity contribution in [2.45, 2.75) is 6.92 Å². The van der Waals surface area contributed by atoms with Crippen LogP contribution in [-0.4, -0.2) is 12.1 Å². The Labute approximate surface area is 116 Å². The Kier molecular flexibility index (Phi) is 4.31. The molecule has 3 nitrogen and oxygen atoms in total. The number of carbonyl (C=O) groups excluding carboxylic acids is 1. The average Bonchev–Trinajstić information content (AvgIpc) is 2.39. The predicted octanol–water partition coefficient (Wildman–Crippen LogP) is 3.41. The van der Waals surface area contributed by atoms with Gasteiger partial charge in [0.1, 0.15) is 0 Å². The van der Waals surface area contributed by atoms with E-state index in [0.29, 0.717) is 10.6 Å². The standard InChI is InChI=1S/C15H13ClN2O/c1-11-3-2-4-12(9-11)10-17-18-15(19)13-5-7-14(16)8-6-13/h2-10H,1H3,(H,18,19)/b17-10-. The number of hydrazone groups is 1. The molecule has 0 bridgehead atoms. The molecular formula is C15H13ClN2O. The van der Waals surface area contributed by atoms with E-state index in [-0.39, 0.29) is 5.91 Å². The third-order valence-corrected chi connectivity index (χ3v) is 2.78. The van der Waals surface area contributed by atoms with Gasteiger partial charge in [0, 0.05) is 10.6 Å². The summed E-state index contributed by atoms with van der Waals surface area (Å²) >= 11 is 5.75. The third kappa shape index (κ3) is 3.93. The second-order valence-electron chi connectivity index (χ2n) is 4.12. The van der Waals surface area contributed by atoms with Crippen LogP contribution in [0.25, 0.3) is 0 Å². The smallest absolute Gasteiger partial charge is 0.267 e. The lowest BCUT2D eigenvalue weighted by molar-refractivity contribution is 0.0955. The molecule has 0 spiro atoms. The van der Waals surface area contributed by atoms with Gasteiger partial charge in [0.05, 0.1) is 6.21 Å². The van der Waals surface area contributed by atoms with Gasteiger partial charge in [-0.3, -0.25) is 4.79 Å². The summed E-state index contributed by atoms with van der Waals surface area (Å²) in [6.45, 7) is 2.00. The van der Waals surface area contributed by atoms with E-state index in [1.807, 2.05) is 31.2 Å². The van der Waals surface area contributed by atoms with Crippen LogP contribution in [-0.2, 0) is 0 Å². The van der Waals surface area contributed by atoms with Crippen LogP contribution < -0.4 is 5.43 Å². The van der Waals surface area contributed by atoms with Gasteiger partial charge in [0.25, 0.3) is 5.91 Å². The van der Waals surface area contributed by atoms with Crippen LogP contribution in [0.3, 0.4) is 0 Å². The Balaban J connectivity index is 1.98. The van der Waals surface area contributed by atoms with Gasteiger partial charge in [-0.25, -0.2) is 5.43 Å². The number of nitrogens with one attached hydrogen (secondary N) is 1. The van der Waals surface area contributed by atoms with E-state index < -0.39 is 0 Å². The van der Waals surface area contributed by atoms with Gasteiger partial charge in [-0.15, -0.1) is 0 Å². The molecule has 0 unspecified atom stereocenters. The van der Waals surface area contributed by atoms with Crippen LogP contribution in [0.1, 0.15) is 21.5 Å². The van der Waals surface area contributed by atoms with E-state index in [1.165, 1.54) is 0 Å². The summed E-state index contributed by atoms with van der Waals surface area (Å²) in [6, 6.07) is 14.5. The highest BCUT2D eigenvalue weighted by Gasteiger charge is 2.02. The Bertz CT molecular complexity index is 606. The van der Waals surface area contributed by atoms with Gasteiger partial charge in [0.2, 0.25) is 0 Å². The van der Waals surface area contributed by atoms with Crippen molar-refractivity contribution in [1.29, 1.82) is 0 Å². The van der Waals surface area contributed by atoms with Crippen molar-refractivity contribution in [3.8, 4) is 0 Å². The molecule has 0 radical (unpaired) electrons. The summed E-state index contributed by atoms with van der Waals surface area (Å²) in [5, 5.41) is 4.52. The normalized spacial score (nSPS) is 10.6. The quantitative estimate of drug-likeness (QED) is 0.675. The molecule has 19 heavy (non-hydrogen) atoms. The number of aryl methyl sites for hydroxylation is 1. The first-order valence-electron chi connectivity index (χ1n) is 5.81. The molecular weight excluding hydrogens is 260 g/mol. The summed E-state index contributed by atoms with van der Waals surface area (Å²) in [4.78, 5) is 11.7. The number of amides is 1. The lowest BCUT2D eigenvalue weighted by atomic mass is 10.2. The molecule has 96 valence electrons. The first kappa shape index (κ1) is 13.3. The van der Waals surface area contributed by atoms with Gasteiger partial charge < -0.3 is 0 Å². The first-order chi connectivity index (χ1) is 9.15. The van der Waals surface area contributed by atoms with Gasteiger partial charge in [-0.2, -0.15) is 5.10 Å². The van der Waals surface area contributed by atoms with Crippen molar-refractivity contribution >= 4 is 23.7 Å². The fourth-order valence-electron chi connectivity index (χ4n) is 1.58. The minimum absolute atomic E-state index is 0.263. The van der Waals surface area contributed by atoms with Crippen molar-refractivity contribution in [3.63, 3.8) is 0 Å². The van der Waals surface area contributed by atoms with Crippen molar-refractivity contribution in [2.24, 2.45) is 5.10 Å². The molecule has 2 aromatic rings. The number of hydrogen-bond donors (Lipinski definition) is 1. The van der Waals surface area contributed by atoms with E-state index in [9.17, 15) is 4.79 Å². The van der Waals surface area contributed by atoms with Gasteiger partial charge in [0.15, 0.2) is 0 Å². The molecule has 2 rings (SSSR count). The number of hydrogen-bond acceptors (Lipinski definition) is 2. The molecule has 0 aliphatic heterocycles. The number of nitrogens with zero attached hydrogens (tertiary/aromatic N) is 1. The van der Waals surface area contributed by atoms with Crippen molar-refractivity contribution in [1.82, 2.24) is 5.43 Å². The largest absolute Gasteiger partial charge is 0.271 e. The number of rotatable bonds is 3. The summed E-state index contributed by atoms with van der Waals surface area (Å²) in [5.41, 5.74) is 5.08. The van der Waals surface area contributed by atoms with Crippen molar-refractivity contribution in [2.75, 3.05) is 0 Å². The maximum atomic E-state index is 11.7. The zero-order valence-electron chi connectivity index (χ0n) is 10.4. The van der Waals surface area contributed by atoms with E-state index in [0.717, 1.165) is 11.1 Å². The van der Waals surface area contributed by atoms with Crippen molar-refractivity contribution < 1.29 is 4.79 Å². The van der Waals surface area contributed by atoms with E-state index >= 15 is 0 Å². The minimum atomic E-state index is -0.263. The Morgan fingerprint density at radius 1 is 1.21 bits per heavy atom. The lowest BCUT2D eigenvalue weighted by Gasteiger charge is -2.00. The number of halogens is 1. The number of benzene rings is 2. The molecule has 0 aliphatic carbocycles. The minimum Gasteiger partial charge on any atom is -0.267 e. The second kappa shape index (κ2) is 6.16. The Morgan fingerprint density at radius 3 is 2.63 bits per heavy atom. The lowest BCUT2D eigenvalue weighted by Crippen LogP contribution is -2.17. The third-order valence-electron chi connectivity index (χ3n) is 2.53. The van der Waals surface area contributed by atoms with Gasteiger partial charge >= 0.3 is 0 Å². The zero-order chi connectivity index (χ0) is 13.7. The van der Waals surface area contributed by atoms with Gasteiger partial charge in [-0.1, -0.05) is 41.4 Å². The fraction of sp³-hybridized carbons (Fsp3) is 0.0667. The maximum Gasteiger partial charge on any atom is 0.271 e.